The van der Waals surface area contributed by atoms with Gasteiger partial charge in [0.25, 0.3) is 0 Å². The Labute approximate surface area is 450 Å². The normalized spacial score (nSPS) is 14.2. The van der Waals surface area contributed by atoms with Crippen LogP contribution in [0.1, 0.15) is 226 Å². The monoisotopic (exact) mass is 1050 g/mol. The Morgan fingerprint density at radius 1 is 0.392 bits per heavy atom. The zero-order valence-electron chi connectivity index (χ0n) is 46.5. The number of allylic oxidation sites excluding steroid dienone is 18. The first-order valence-corrected chi connectivity index (χ1v) is 30.3. The van der Waals surface area contributed by atoms with Crippen LogP contribution in [0.2, 0.25) is 0 Å². The molecule has 3 unspecified atom stereocenters. The molecule has 11 nitrogen and oxygen atoms in total. The van der Waals surface area contributed by atoms with Gasteiger partial charge in [-0.1, -0.05) is 226 Å². The maximum atomic E-state index is 12.9. The lowest BCUT2D eigenvalue weighted by Gasteiger charge is -2.21. The molecule has 2 N–H and O–H groups in total. The third-order valence-corrected chi connectivity index (χ3v) is 12.7. The summed E-state index contributed by atoms with van der Waals surface area (Å²) < 4.78 is 39.4. The SMILES string of the molecule is CC/C=C\C/C=C\C/C=C\C/C=C\C/C=C\CCCCCC(=O)OCC(COP(=O)(O)OCC(CO)OC(=O)CC/C=C\C/C=C\C/C=C\C/C=C\CC)OC(=O)CCCCCCCCCCCCCCCCC. The van der Waals surface area contributed by atoms with Gasteiger partial charge in [-0.3, -0.25) is 23.4 Å². The molecule has 0 rings (SSSR count). The van der Waals surface area contributed by atoms with Gasteiger partial charge in [-0.05, 0) is 89.9 Å². The molecule has 0 aromatic rings. The Kier molecular flexibility index (Phi) is 52.5. The van der Waals surface area contributed by atoms with Gasteiger partial charge in [-0.25, -0.2) is 4.57 Å². The molecular weight excluding hydrogens is 952 g/mol. The number of hydrogen-bond acceptors (Lipinski definition) is 10. The van der Waals surface area contributed by atoms with Crippen molar-refractivity contribution in [1.29, 1.82) is 0 Å². The maximum Gasteiger partial charge on any atom is 0.472 e. The van der Waals surface area contributed by atoms with E-state index in [9.17, 15) is 28.9 Å². The molecule has 0 aromatic carbocycles. The third kappa shape index (κ3) is 53.0. The lowest BCUT2D eigenvalue weighted by Crippen LogP contribution is -2.30. The predicted octanol–water partition coefficient (Wildman–Crippen LogP) is 17.0. The molecule has 0 aliphatic rings. The van der Waals surface area contributed by atoms with Crippen LogP contribution in [0.4, 0.5) is 0 Å². The highest BCUT2D eigenvalue weighted by Crippen LogP contribution is 2.43. The van der Waals surface area contributed by atoms with Crippen LogP contribution in [0.3, 0.4) is 0 Å². The van der Waals surface area contributed by atoms with Crippen LogP contribution in [0.25, 0.3) is 0 Å². The summed E-state index contributed by atoms with van der Waals surface area (Å²) in [4.78, 5) is 48.5. The summed E-state index contributed by atoms with van der Waals surface area (Å²) in [5.41, 5.74) is 0. The number of rotatable bonds is 52. The van der Waals surface area contributed by atoms with Crippen LogP contribution < -0.4 is 0 Å². The molecule has 12 heteroatoms. The molecule has 0 spiro atoms. The van der Waals surface area contributed by atoms with Gasteiger partial charge in [0.15, 0.2) is 6.10 Å². The van der Waals surface area contributed by atoms with Crippen LogP contribution >= 0.6 is 7.82 Å². The number of phosphoric ester groups is 1. The van der Waals surface area contributed by atoms with Crippen LogP contribution in [-0.2, 0) is 42.2 Å². The van der Waals surface area contributed by atoms with Crippen molar-refractivity contribution >= 4 is 25.7 Å². The number of ether oxygens (including phenoxy) is 3. The topological polar surface area (TPSA) is 155 Å². The quantitative estimate of drug-likeness (QED) is 0.0197. The van der Waals surface area contributed by atoms with E-state index in [1.54, 1.807) is 0 Å². The van der Waals surface area contributed by atoms with E-state index in [1.807, 2.05) is 18.2 Å². The van der Waals surface area contributed by atoms with E-state index >= 15 is 0 Å². The van der Waals surface area contributed by atoms with E-state index in [2.05, 4.69) is 112 Å². The molecule has 0 fully saturated rings. The van der Waals surface area contributed by atoms with Crippen LogP contribution in [0, 0.1) is 0 Å². The van der Waals surface area contributed by atoms with Crippen molar-refractivity contribution in [2.45, 2.75) is 238 Å². The van der Waals surface area contributed by atoms with Crippen LogP contribution in [0.5, 0.6) is 0 Å². The van der Waals surface area contributed by atoms with Gasteiger partial charge in [0.05, 0.1) is 19.8 Å². The molecule has 0 saturated heterocycles. The molecule has 74 heavy (non-hydrogen) atoms. The van der Waals surface area contributed by atoms with Crippen molar-refractivity contribution < 1.29 is 52.2 Å². The molecule has 0 radical (unpaired) electrons. The van der Waals surface area contributed by atoms with Crippen LogP contribution in [-0.4, -0.2) is 66.5 Å². The Morgan fingerprint density at radius 2 is 0.730 bits per heavy atom. The highest BCUT2D eigenvalue weighted by atomic mass is 31.2. The fourth-order valence-corrected chi connectivity index (χ4v) is 8.18. The van der Waals surface area contributed by atoms with Crippen molar-refractivity contribution in [3.8, 4) is 0 Å². The van der Waals surface area contributed by atoms with Gasteiger partial charge in [-0.15, -0.1) is 0 Å². The Hall–Kier alpha value is -3.86. The van der Waals surface area contributed by atoms with Gasteiger partial charge in [0.1, 0.15) is 12.7 Å². The number of esters is 3. The van der Waals surface area contributed by atoms with Gasteiger partial charge >= 0.3 is 25.7 Å². The van der Waals surface area contributed by atoms with Gasteiger partial charge in [-0.2, -0.15) is 0 Å². The van der Waals surface area contributed by atoms with Crippen molar-refractivity contribution in [2.75, 3.05) is 26.4 Å². The smallest absolute Gasteiger partial charge is 0.462 e. The Morgan fingerprint density at radius 3 is 1.16 bits per heavy atom. The predicted molar refractivity (Wildman–Crippen MR) is 307 cm³/mol. The largest absolute Gasteiger partial charge is 0.472 e. The molecule has 0 amide bonds. The second kappa shape index (κ2) is 55.4. The van der Waals surface area contributed by atoms with Crippen LogP contribution in [0.15, 0.2) is 109 Å². The average molecular weight is 1060 g/mol. The Balaban J connectivity index is 4.84. The first-order valence-electron chi connectivity index (χ1n) is 28.8. The molecule has 0 aliphatic heterocycles. The molecule has 3 atom stereocenters. The van der Waals surface area contributed by atoms with Gasteiger partial charge < -0.3 is 24.2 Å². The van der Waals surface area contributed by atoms with Crippen molar-refractivity contribution in [3.63, 3.8) is 0 Å². The number of carbonyl (C=O) groups is 3. The first-order chi connectivity index (χ1) is 36.2. The summed E-state index contributed by atoms with van der Waals surface area (Å²) in [7, 11) is -4.78. The molecule has 422 valence electrons. The molecule has 0 bridgehead atoms. The summed E-state index contributed by atoms with van der Waals surface area (Å²) in [5, 5.41) is 9.79. The van der Waals surface area contributed by atoms with E-state index in [1.165, 1.54) is 70.6 Å². The van der Waals surface area contributed by atoms with Crippen molar-refractivity contribution in [2.24, 2.45) is 0 Å². The zero-order valence-corrected chi connectivity index (χ0v) is 47.4. The second-order valence-electron chi connectivity index (χ2n) is 18.7. The lowest BCUT2D eigenvalue weighted by atomic mass is 10.0. The number of phosphoric acid groups is 1. The molecular formula is C62H103O11P. The van der Waals surface area contributed by atoms with Gasteiger partial charge in [0, 0.05) is 19.3 Å². The number of carbonyl (C=O) groups excluding carboxylic acids is 3. The van der Waals surface area contributed by atoms with Gasteiger partial charge in [0.2, 0.25) is 0 Å². The lowest BCUT2D eigenvalue weighted by molar-refractivity contribution is -0.161. The molecule has 0 saturated carbocycles. The van der Waals surface area contributed by atoms with E-state index in [0.29, 0.717) is 19.3 Å². The average Bonchev–Trinajstić information content (AvgIpc) is 3.39. The minimum Gasteiger partial charge on any atom is -0.462 e. The number of unbranched alkanes of at least 4 members (excludes halogenated alkanes) is 17. The maximum absolute atomic E-state index is 12.9. The standard InChI is InChI=1S/C62H103O11P/c1-4-7-10-13-16-19-22-25-27-28-29-30-32-34-36-39-42-45-48-51-60(64)69-55-59(73-62(66)53-50-47-44-41-38-35-31-26-23-20-17-14-11-8-5-2)57-71-74(67,68)70-56-58(54-63)72-61(65)52-49-46-43-40-37-33-24-21-18-15-12-9-6-3/h7,9-10,12,16,18-19,21,25,27,29-30,33-34,36-37,43,46,58-59,63H,4-6,8,11,13-15,17,20,22-24,26,28,31-32,35,38-42,44-45,47-57H2,1-3H3,(H,67,68)/b10-7-,12-9-,19-16-,21-18-,27-25-,30-29-,36-34-,37-33-,46-43-. The minimum absolute atomic E-state index is 0.0499. The highest BCUT2D eigenvalue weighted by molar-refractivity contribution is 7.47. The summed E-state index contributed by atoms with van der Waals surface area (Å²) in [6.45, 7) is 4.29. The zero-order chi connectivity index (χ0) is 54.1. The third-order valence-electron chi connectivity index (χ3n) is 11.7. The van der Waals surface area contributed by atoms with E-state index in [0.717, 1.165) is 96.3 Å². The second-order valence-corrected chi connectivity index (χ2v) is 20.1. The summed E-state index contributed by atoms with van der Waals surface area (Å²) in [6, 6.07) is 0. The molecule has 0 aromatic heterocycles. The summed E-state index contributed by atoms with van der Waals surface area (Å²) >= 11 is 0. The Bertz CT molecular complexity index is 1660. The van der Waals surface area contributed by atoms with E-state index in [4.69, 9.17) is 23.3 Å². The summed E-state index contributed by atoms with van der Waals surface area (Å²) in [5.74, 6) is -1.59. The minimum atomic E-state index is -4.78. The fraction of sp³-hybridized carbons (Fsp3) is 0.661. The fourth-order valence-electron chi connectivity index (χ4n) is 7.40. The van der Waals surface area contributed by atoms with E-state index in [-0.39, 0.29) is 25.9 Å². The van der Waals surface area contributed by atoms with Crippen molar-refractivity contribution in [3.05, 3.63) is 109 Å². The highest BCUT2D eigenvalue weighted by Gasteiger charge is 2.28. The summed E-state index contributed by atoms with van der Waals surface area (Å²) in [6.07, 6.45) is 66.4. The number of hydrogen-bond donors (Lipinski definition) is 2. The van der Waals surface area contributed by atoms with E-state index < -0.39 is 57.8 Å². The first kappa shape index (κ1) is 70.1. The van der Waals surface area contributed by atoms with Crippen molar-refractivity contribution in [1.82, 2.24) is 0 Å². The number of aliphatic hydroxyl groups is 1. The number of aliphatic hydroxyl groups excluding tert-OH is 1. The molecule has 0 heterocycles. The molecule has 0 aliphatic carbocycles.